The van der Waals surface area contributed by atoms with E-state index in [-0.39, 0.29) is 11.8 Å². The summed E-state index contributed by atoms with van der Waals surface area (Å²) in [4.78, 5) is 23.8. The molecule has 2 aromatic rings. The van der Waals surface area contributed by atoms with Crippen LogP contribution in [0, 0.1) is 12.8 Å². The highest BCUT2D eigenvalue weighted by molar-refractivity contribution is 7.99. The van der Waals surface area contributed by atoms with Crippen LogP contribution in [-0.4, -0.2) is 17.6 Å². The maximum absolute atomic E-state index is 12.0. The van der Waals surface area contributed by atoms with Crippen LogP contribution in [0.2, 0.25) is 0 Å². The molecule has 2 rings (SSSR count). The molecular formula is C21H26N2O2S. The van der Waals surface area contributed by atoms with Crippen molar-refractivity contribution < 1.29 is 9.59 Å². The summed E-state index contributed by atoms with van der Waals surface area (Å²) in [7, 11) is 0. The molecule has 138 valence electrons. The van der Waals surface area contributed by atoms with Gasteiger partial charge in [-0.15, -0.1) is 11.8 Å². The number of aryl methyl sites for hydroxylation is 1. The molecule has 2 amide bonds. The van der Waals surface area contributed by atoms with Gasteiger partial charge in [-0.3, -0.25) is 9.59 Å². The first-order chi connectivity index (χ1) is 12.4. The largest absolute Gasteiger partial charge is 0.326 e. The summed E-state index contributed by atoms with van der Waals surface area (Å²) in [6.45, 7) is 6.08. The van der Waals surface area contributed by atoms with Gasteiger partial charge in [-0.1, -0.05) is 43.7 Å². The number of benzene rings is 2. The molecule has 0 unspecified atom stereocenters. The summed E-state index contributed by atoms with van der Waals surface area (Å²) >= 11 is 1.59. The Bertz CT molecular complexity index is 725. The molecule has 2 aromatic carbocycles. The highest BCUT2D eigenvalue weighted by Gasteiger charge is 2.06. The van der Waals surface area contributed by atoms with Crippen LogP contribution in [0.25, 0.3) is 0 Å². The maximum atomic E-state index is 12.0. The van der Waals surface area contributed by atoms with Crippen LogP contribution in [0.15, 0.2) is 48.5 Å². The monoisotopic (exact) mass is 370 g/mol. The Labute approximate surface area is 159 Å². The second-order valence-corrected chi connectivity index (χ2v) is 7.74. The summed E-state index contributed by atoms with van der Waals surface area (Å²) in [5.74, 6) is 1.52. The summed E-state index contributed by atoms with van der Waals surface area (Å²) in [6, 6.07) is 15.5. The third kappa shape index (κ3) is 7.31. The predicted octanol–water partition coefficient (Wildman–Crippen LogP) is 4.85. The van der Waals surface area contributed by atoms with E-state index >= 15 is 0 Å². The van der Waals surface area contributed by atoms with Gasteiger partial charge in [0.15, 0.2) is 0 Å². The highest BCUT2D eigenvalue weighted by atomic mass is 32.2. The molecule has 2 N–H and O–H groups in total. The van der Waals surface area contributed by atoms with E-state index in [4.69, 9.17) is 0 Å². The minimum Gasteiger partial charge on any atom is -0.326 e. The van der Waals surface area contributed by atoms with Gasteiger partial charge < -0.3 is 10.6 Å². The van der Waals surface area contributed by atoms with Crippen molar-refractivity contribution >= 4 is 35.0 Å². The molecule has 0 heterocycles. The minimum atomic E-state index is -0.0290. The highest BCUT2D eigenvalue weighted by Crippen LogP contribution is 2.16. The van der Waals surface area contributed by atoms with Gasteiger partial charge in [0.05, 0.1) is 5.75 Å². The van der Waals surface area contributed by atoms with E-state index in [0.29, 0.717) is 18.1 Å². The fourth-order valence-corrected chi connectivity index (χ4v) is 3.15. The topological polar surface area (TPSA) is 58.2 Å². The lowest BCUT2D eigenvalue weighted by molar-refractivity contribution is -0.117. The summed E-state index contributed by atoms with van der Waals surface area (Å²) in [6.07, 6.45) is 0.497. The molecule has 0 aliphatic heterocycles. The van der Waals surface area contributed by atoms with Crippen molar-refractivity contribution in [3.05, 3.63) is 59.7 Å². The van der Waals surface area contributed by atoms with Crippen LogP contribution in [0.4, 0.5) is 11.4 Å². The van der Waals surface area contributed by atoms with Crippen molar-refractivity contribution in [2.45, 2.75) is 32.9 Å². The van der Waals surface area contributed by atoms with Gasteiger partial charge in [0, 0.05) is 23.5 Å². The Balaban J connectivity index is 1.74. The van der Waals surface area contributed by atoms with Gasteiger partial charge in [-0.05, 0) is 42.7 Å². The molecule has 0 saturated carbocycles. The van der Waals surface area contributed by atoms with Gasteiger partial charge in [0.2, 0.25) is 11.8 Å². The zero-order valence-electron chi connectivity index (χ0n) is 15.5. The van der Waals surface area contributed by atoms with Gasteiger partial charge in [0.1, 0.15) is 0 Å². The normalized spacial score (nSPS) is 10.6. The van der Waals surface area contributed by atoms with Crippen molar-refractivity contribution in [2.75, 3.05) is 16.4 Å². The zero-order chi connectivity index (χ0) is 18.9. The average Bonchev–Trinajstić information content (AvgIpc) is 2.58. The van der Waals surface area contributed by atoms with Crippen LogP contribution in [-0.2, 0) is 15.3 Å². The van der Waals surface area contributed by atoms with E-state index in [1.165, 1.54) is 11.1 Å². The van der Waals surface area contributed by atoms with Crippen LogP contribution < -0.4 is 10.6 Å². The fraction of sp³-hybridized carbons (Fsp3) is 0.333. The Morgan fingerprint density at radius 3 is 1.96 bits per heavy atom. The van der Waals surface area contributed by atoms with Crippen molar-refractivity contribution in [1.29, 1.82) is 0 Å². The minimum absolute atomic E-state index is 0.00397. The quantitative estimate of drug-likeness (QED) is 0.698. The Morgan fingerprint density at radius 1 is 0.885 bits per heavy atom. The molecule has 0 aliphatic rings. The lowest BCUT2D eigenvalue weighted by Gasteiger charge is -2.09. The first-order valence-corrected chi connectivity index (χ1v) is 9.91. The van der Waals surface area contributed by atoms with E-state index in [1.807, 2.05) is 13.8 Å². The standard InChI is InChI=1S/C21H26N2O2S/c1-15(2)12-20(24)22-18-8-10-19(11-9-18)23-21(25)14-26-13-17-6-4-16(3)5-7-17/h4-11,15H,12-14H2,1-3H3,(H,22,24)(H,23,25). The van der Waals surface area contributed by atoms with Gasteiger partial charge in [-0.25, -0.2) is 0 Å². The molecule has 5 heteroatoms. The van der Waals surface area contributed by atoms with Gasteiger partial charge >= 0.3 is 0 Å². The van der Waals surface area contributed by atoms with E-state index in [0.717, 1.165) is 17.1 Å². The number of amides is 2. The van der Waals surface area contributed by atoms with Crippen LogP contribution in [0.1, 0.15) is 31.4 Å². The number of nitrogens with one attached hydrogen (secondary N) is 2. The van der Waals surface area contributed by atoms with E-state index in [9.17, 15) is 9.59 Å². The Kier molecular flexibility index (Phi) is 7.73. The lowest BCUT2D eigenvalue weighted by atomic mass is 10.1. The third-order valence-corrected chi connectivity index (χ3v) is 4.67. The van der Waals surface area contributed by atoms with Crippen molar-refractivity contribution in [3.63, 3.8) is 0 Å². The fourth-order valence-electron chi connectivity index (χ4n) is 2.36. The number of carbonyl (C=O) groups excluding carboxylic acids is 2. The van der Waals surface area contributed by atoms with Gasteiger partial charge in [0.25, 0.3) is 0 Å². The van der Waals surface area contributed by atoms with E-state index < -0.39 is 0 Å². The number of anilines is 2. The summed E-state index contributed by atoms with van der Waals surface area (Å²) in [5, 5.41) is 5.73. The Hall–Kier alpha value is -2.27. The number of hydrogen-bond donors (Lipinski definition) is 2. The number of thioether (sulfide) groups is 1. The molecular weight excluding hydrogens is 344 g/mol. The molecule has 0 spiro atoms. The zero-order valence-corrected chi connectivity index (χ0v) is 16.4. The molecule has 0 aliphatic carbocycles. The summed E-state index contributed by atoms with van der Waals surface area (Å²) < 4.78 is 0. The molecule has 0 saturated heterocycles. The van der Waals surface area contributed by atoms with Crippen LogP contribution in [0.3, 0.4) is 0 Å². The van der Waals surface area contributed by atoms with E-state index in [1.54, 1.807) is 36.0 Å². The van der Waals surface area contributed by atoms with Crippen LogP contribution in [0.5, 0.6) is 0 Å². The van der Waals surface area contributed by atoms with E-state index in [2.05, 4.69) is 41.8 Å². The average molecular weight is 371 g/mol. The second-order valence-electron chi connectivity index (χ2n) is 6.75. The second kappa shape index (κ2) is 10.0. The molecule has 0 bridgehead atoms. The molecule has 0 radical (unpaired) electrons. The van der Waals surface area contributed by atoms with Crippen molar-refractivity contribution in [2.24, 2.45) is 5.92 Å². The smallest absolute Gasteiger partial charge is 0.234 e. The summed E-state index contributed by atoms with van der Waals surface area (Å²) in [5.41, 5.74) is 3.92. The Morgan fingerprint density at radius 2 is 1.42 bits per heavy atom. The molecule has 0 atom stereocenters. The number of carbonyl (C=O) groups is 2. The van der Waals surface area contributed by atoms with Gasteiger partial charge in [-0.2, -0.15) is 0 Å². The SMILES string of the molecule is Cc1ccc(CSCC(=O)Nc2ccc(NC(=O)CC(C)C)cc2)cc1. The number of hydrogen-bond acceptors (Lipinski definition) is 3. The maximum Gasteiger partial charge on any atom is 0.234 e. The van der Waals surface area contributed by atoms with Crippen LogP contribution >= 0.6 is 11.8 Å². The predicted molar refractivity (Wildman–Crippen MR) is 110 cm³/mol. The lowest BCUT2D eigenvalue weighted by Crippen LogP contribution is -2.15. The molecule has 0 aromatic heterocycles. The molecule has 26 heavy (non-hydrogen) atoms. The van der Waals surface area contributed by atoms with Crippen molar-refractivity contribution in [3.8, 4) is 0 Å². The van der Waals surface area contributed by atoms with Crippen molar-refractivity contribution in [1.82, 2.24) is 0 Å². The molecule has 4 nitrogen and oxygen atoms in total. The molecule has 0 fully saturated rings. The number of rotatable bonds is 8. The first-order valence-electron chi connectivity index (χ1n) is 8.75. The third-order valence-electron chi connectivity index (χ3n) is 3.67. The first kappa shape index (κ1) is 20.0.